The van der Waals surface area contributed by atoms with Crippen molar-refractivity contribution in [1.29, 1.82) is 0 Å². The fraction of sp³-hybridized carbons (Fsp3) is 0.700. The second kappa shape index (κ2) is 4.60. The predicted molar refractivity (Wildman–Crippen MR) is 58.6 cm³/mol. The molecule has 1 saturated heterocycles. The smallest absolute Gasteiger partial charge is 0.426 e. The first kappa shape index (κ1) is 13.3. The van der Waals surface area contributed by atoms with Crippen molar-refractivity contribution < 1.29 is 19.1 Å². The van der Waals surface area contributed by atoms with Crippen LogP contribution in [0.5, 0.6) is 0 Å². The van der Waals surface area contributed by atoms with Gasteiger partial charge in [-0.05, 0) is 27.7 Å². The molecule has 3 amide bonds. The molecule has 1 heterocycles. The molecule has 1 aliphatic heterocycles. The highest BCUT2D eigenvalue weighted by molar-refractivity contribution is 6.05. The number of carbonyl (C=O) groups excluding carboxylic acids is 3. The summed E-state index contributed by atoms with van der Waals surface area (Å²) in [5, 5.41) is 2.52. The van der Waals surface area contributed by atoms with Gasteiger partial charge in [0, 0.05) is 6.04 Å². The number of hydrogen-bond donors (Lipinski definition) is 3. The van der Waals surface area contributed by atoms with E-state index in [0.717, 1.165) is 0 Å². The van der Waals surface area contributed by atoms with Crippen LogP contribution < -0.4 is 16.2 Å². The van der Waals surface area contributed by atoms with E-state index < -0.39 is 23.5 Å². The lowest BCUT2D eigenvalue weighted by Crippen LogP contribution is -2.63. The van der Waals surface area contributed by atoms with Gasteiger partial charge in [-0.3, -0.25) is 15.0 Å². The molecule has 0 spiro atoms. The molecule has 0 bridgehead atoms. The summed E-state index contributed by atoms with van der Waals surface area (Å²) in [5.41, 5.74) is 3.59. The zero-order valence-electron chi connectivity index (χ0n) is 10.3. The zero-order valence-corrected chi connectivity index (χ0v) is 10.3. The highest BCUT2D eigenvalue weighted by Crippen LogP contribution is 2.13. The summed E-state index contributed by atoms with van der Waals surface area (Å²) in [6, 6.07) is -0.220. The van der Waals surface area contributed by atoms with Crippen molar-refractivity contribution in [3.8, 4) is 0 Å². The van der Waals surface area contributed by atoms with Crippen molar-refractivity contribution in [2.24, 2.45) is 5.92 Å². The Labute approximate surface area is 99.2 Å². The summed E-state index contributed by atoms with van der Waals surface area (Å²) in [6.45, 7) is 6.82. The van der Waals surface area contributed by atoms with Gasteiger partial charge in [-0.2, -0.15) is 0 Å². The summed E-state index contributed by atoms with van der Waals surface area (Å²) in [7, 11) is 0. The Balaban J connectivity index is 2.34. The molecule has 0 aromatic rings. The summed E-state index contributed by atoms with van der Waals surface area (Å²) in [4.78, 5) is 33.7. The van der Waals surface area contributed by atoms with E-state index in [1.165, 1.54) is 0 Å². The largest absolute Gasteiger partial charge is 0.443 e. The third-order valence-corrected chi connectivity index (χ3v) is 2.12. The lowest BCUT2D eigenvalue weighted by Gasteiger charge is -2.32. The molecule has 0 aliphatic carbocycles. The molecular formula is C10H17N3O4. The standard InChI is InChI=1S/C10H17N3O4/c1-5-6(7(14)11-5)8(15)12-13-9(16)17-10(2,3)4/h5-6H,1-4H3,(H,11,14)(H,12,15)(H,13,16)/t5-,6+/m0/s1. The molecule has 0 aromatic heterocycles. The van der Waals surface area contributed by atoms with Crippen LogP contribution in [-0.4, -0.2) is 29.6 Å². The zero-order chi connectivity index (χ0) is 13.2. The first-order valence-electron chi connectivity index (χ1n) is 5.30. The molecule has 1 fully saturated rings. The SMILES string of the molecule is C[C@@H]1NC(=O)[C@@H]1C(=O)NNC(=O)OC(C)(C)C. The van der Waals surface area contributed by atoms with E-state index in [0.29, 0.717) is 0 Å². The molecule has 96 valence electrons. The summed E-state index contributed by atoms with van der Waals surface area (Å²) in [5.74, 6) is -1.65. The number of ether oxygens (including phenoxy) is 1. The van der Waals surface area contributed by atoms with Crippen molar-refractivity contribution in [3.05, 3.63) is 0 Å². The van der Waals surface area contributed by atoms with Crippen LogP contribution in [-0.2, 0) is 14.3 Å². The lowest BCUT2D eigenvalue weighted by molar-refractivity contribution is -0.144. The minimum Gasteiger partial charge on any atom is -0.443 e. The molecule has 0 unspecified atom stereocenters. The van der Waals surface area contributed by atoms with Gasteiger partial charge in [-0.15, -0.1) is 0 Å². The Morgan fingerprint density at radius 2 is 1.88 bits per heavy atom. The van der Waals surface area contributed by atoms with Crippen LogP contribution in [0.1, 0.15) is 27.7 Å². The van der Waals surface area contributed by atoms with Gasteiger partial charge < -0.3 is 10.1 Å². The van der Waals surface area contributed by atoms with Crippen LogP contribution in [0.25, 0.3) is 0 Å². The Kier molecular flexibility index (Phi) is 3.59. The van der Waals surface area contributed by atoms with Gasteiger partial charge in [-0.1, -0.05) is 0 Å². The molecule has 7 nitrogen and oxygen atoms in total. The first-order chi connectivity index (χ1) is 7.70. The molecule has 0 saturated carbocycles. The van der Waals surface area contributed by atoms with Crippen molar-refractivity contribution in [2.75, 3.05) is 0 Å². The maximum atomic E-state index is 11.5. The van der Waals surface area contributed by atoms with E-state index >= 15 is 0 Å². The van der Waals surface area contributed by atoms with Crippen molar-refractivity contribution in [2.45, 2.75) is 39.3 Å². The van der Waals surface area contributed by atoms with Crippen LogP contribution in [0.15, 0.2) is 0 Å². The Morgan fingerprint density at radius 3 is 2.29 bits per heavy atom. The number of amides is 3. The van der Waals surface area contributed by atoms with Crippen molar-refractivity contribution >= 4 is 17.9 Å². The second-order valence-corrected chi connectivity index (χ2v) is 4.89. The van der Waals surface area contributed by atoms with Gasteiger partial charge in [0.15, 0.2) is 0 Å². The molecule has 0 aromatic carbocycles. The molecule has 3 N–H and O–H groups in total. The maximum absolute atomic E-state index is 11.5. The average molecular weight is 243 g/mol. The molecule has 0 radical (unpaired) electrons. The highest BCUT2D eigenvalue weighted by Gasteiger charge is 2.41. The summed E-state index contributed by atoms with van der Waals surface area (Å²) < 4.78 is 4.91. The van der Waals surface area contributed by atoms with E-state index in [4.69, 9.17) is 4.74 Å². The quantitative estimate of drug-likeness (QED) is 0.334. The normalized spacial score (nSPS) is 23.2. The van der Waals surface area contributed by atoms with E-state index in [2.05, 4.69) is 16.2 Å². The molecular weight excluding hydrogens is 226 g/mol. The van der Waals surface area contributed by atoms with E-state index in [9.17, 15) is 14.4 Å². The predicted octanol–water partition coefficient (Wildman–Crippen LogP) is -0.323. The fourth-order valence-corrected chi connectivity index (χ4v) is 1.37. The topological polar surface area (TPSA) is 96.5 Å². The Bertz CT molecular complexity index is 348. The Morgan fingerprint density at radius 1 is 1.29 bits per heavy atom. The first-order valence-corrected chi connectivity index (χ1v) is 5.30. The fourth-order valence-electron chi connectivity index (χ4n) is 1.37. The molecule has 1 rings (SSSR count). The molecule has 2 atom stereocenters. The number of nitrogens with one attached hydrogen (secondary N) is 3. The van der Waals surface area contributed by atoms with Crippen LogP contribution in [0.4, 0.5) is 4.79 Å². The van der Waals surface area contributed by atoms with Gasteiger partial charge in [0.25, 0.3) is 5.91 Å². The van der Waals surface area contributed by atoms with Crippen molar-refractivity contribution in [3.63, 3.8) is 0 Å². The van der Waals surface area contributed by atoms with E-state index in [1.54, 1.807) is 27.7 Å². The van der Waals surface area contributed by atoms with Gasteiger partial charge in [0.05, 0.1) is 0 Å². The Hall–Kier alpha value is -1.79. The maximum Gasteiger partial charge on any atom is 0.426 e. The second-order valence-electron chi connectivity index (χ2n) is 4.89. The summed E-state index contributed by atoms with van der Waals surface area (Å²) in [6.07, 6.45) is -0.766. The highest BCUT2D eigenvalue weighted by atomic mass is 16.6. The van der Waals surface area contributed by atoms with Gasteiger partial charge in [0.2, 0.25) is 5.91 Å². The van der Waals surface area contributed by atoms with Gasteiger partial charge in [-0.25, -0.2) is 10.2 Å². The number of β-lactam (4-membered cyclic amide) rings is 1. The van der Waals surface area contributed by atoms with E-state index in [1.807, 2.05) is 0 Å². The molecule has 1 aliphatic rings. The minimum absolute atomic E-state index is 0.220. The van der Waals surface area contributed by atoms with Crippen LogP contribution in [0.2, 0.25) is 0 Å². The number of rotatable bonds is 1. The third kappa shape index (κ3) is 3.61. The summed E-state index contributed by atoms with van der Waals surface area (Å²) >= 11 is 0. The minimum atomic E-state index is -0.766. The van der Waals surface area contributed by atoms with Crippen LogP contribution >= 0.6 is 0 Å². The lowest BCUT2D eigenvalue weighted by atomic mass is 9.91. The van der Waals surface area contributed by atoms with Crippen molar-refractivity contribution in [1.82, 2.24) is 16.2 Å². The number of hydrogen-bond acceptors (Lipinski definition) is 4. The monoisotopic (exact) mass is 243 g/mol. The van der Waals surface area contributed by atoms with Crippen LogP contribution in [0, 0.1) is 5.92 Å². The number of carbonyl (C=O) groups is 3. The van der Waals surface area contributed by atoms with Gasteiger partial charge >= 0.3 is 6.09 Å². The molecule has 17 heavy (non-hydrogen) atoms. The number of hydrazine groups is 1. The molecule has 7 heteroatoms. The van der Waals surface area contributed by atoms with E-state index in [-0.39, 0.29) is 11.9 Å². The van der Waals surface area contributed by atoms with Crippen LogP contribution in [0.3, 0.4) is 0 Å². The average Bonchev–Trinajstić information content (AvgIpc) is 2.11. The third-order valence-electron chi connectivity index (χ3n) is 2.12. The van der Waals surface area contributed by atoms with Gasteiger partial charge in [0.1, 0.15) is 11.5 Å².